The molecular weight excluding hydrogens is 597 g/mol. The van der Waals surface area contributed by atoms with E-state index in [1.165, 1.54) is 65.0 Å². The maximum Gasteiger partial charge on any atom is 0.156 e. The molecule has 4 heteroatoms. The second kappa shape index (κ2) is 11.9. The van der Waals surface area contributed by atoms with Crippen LogP contribution in [0.4, 0.5) is 11.4 Å². The molecule has 1 fully saturated rings. The molecule has 3 aromatic rings. The first-order valence-corrected chi connectivity index (χ1v) is 18.5. The van der Waals surface area contributed by atoms with Crippen molar-refractivity contribution < 1.29 is 0 Å². The predicted octanol–water partition coefficient (Wildman–Crippen LogP) is 10.7. The van der Waals surface area contributed by atoms with Gasteiger partial charge in [0.25, 0.3) is 0 Å². The summed E-state index contributed by atoms with van der Waals surface area (Å²) in [6.07, 6.45) is 35.3. The second-order valence-corrected chi connectivity index (χ2v) is 14.6. The van der Waals surface area contributed by atoms with Gasteiger partial charge in [-0.05, 0) is 96.4 Å². The Morgan fingerprint density at radius 1 is 0.755 bits per heavy atom. The summed E-state index contributed by atoms with van der Waals surface area (Å²) < 4.78 is 0. The van der Waals surface area contributed by atoms with Crippen molar-refractivity contribution in [3.05, 3.63) is 155 Å². The van der Waals surface area contributed by atoms with Gasteiger partial charge in [0.15, 0.2) is 5.82 Å². The first kappa shape index (κ1) is 29.0. The van der Waals surface area contributed by atoms with Crippen molar-refractivity contribution in [1.29, 1.82) is 0 Å². The number of aromatic nitrogens is 2. The third kappa shape index (κ3) is 4.95. The number of hydrogen-bond donors (Lipinski definition) is 1. The molecule has 1 aromatic heterocycles. The monoisotopic (exact) mass is 638 g/mol. The van der Waals surface area contributed by atoms with Crippen LogP contribution >= 0.6 is 0 Å². The van der Waals surface area contributed by atoms with Crippen molar-refractivity contribution in [2.24, 2.45) is 17.8 Å². The summed E-state index contributed by atoms with van der Waals surface area (Å²) in [4.78, 5) is 13.2. The van der Waals surface area contributed by atoms with E-state index >= 15 is 0 Å². The van der Waals surface area contributed by atoms with E-state index < -0.39 is 0 Å². The van der Waals surface area contributed by atoms with Crippen LogP contribution in [0.25, 0.3) is 22.4 Å². The highest BCUT2D eigenvalue weighted by molar-refractivity contribution is 5.87. The average molecular weight is 639 g/mol. The van der Waals surface area contributed by atoms with Crippen LogP contribution in [0, 0.1) is 17.8 Å². The first-order chi connectivity index (χ1) is 24.3. The van der Waals surface area contributed by atoms with E-state index in [-0.39, 0.29) is 6.17 Å². The van der Waals surface area contributed by atoms with Crippen molar-refractivity contribution in [2.45, 2.75) is 63.5 Å². The normalized spacial score (nSPS) is 27.6. The zero-order chi connectivity index (χ0) is 32.3. The number of nitrogens with zero attached hydrogens (tertiary/aromatic N) is 3. The van der Waals surface area contributed by atoms with Gasteiger partial charge in [-0.25, -0.2) is 9.97 Å². The zero-order valence-electron chi connectivity index (χ0n) is 27.9. The largest absolute Gasteiger partial charge is 0.359 e. The van der Waals surface area contributed by atoms with Gasteiger partial charge >= 0.3 is 0 Å². The maximum atomic E-state index is 5.32. The number of anilines is 2. The molecule has 2 aromatic carbocycles. The van der Waals surface area contributed by atoms with Gasteiger partial charge in [0, 0.05) is 23.1 Å². The SMILES string of the molecule is C1=CC2C=CC(c3cc(-c4ccccc4)nc(C4=CC(C5Nc6cccc7c6N5C5=CCCC=C5C5CCCCC75)=CCC4)n3)=CC2C=C1. The second-order valence-electron chi connectivity index (χ2n) is 14.6. The van der Waals surface area contributed by atoms with Crippen molar-refractivity contribution in [2.75, 3.05) is 10.2 Å². The molecule has 0 amide bonds. The van der Waals surface area contributed by atoms with Crippen LogP contribution in [-0.2, 0) is 0 Å². The van der Waals surface area contributed by atoms with E-state index in [9.17, 15) is 0 Å². The van der Waals surface area contributed by atoms with E-state index in [2.05, 4.69) is 132 Å². The van der Waals surface area contributed by atoms with Gasteiger partial charge in [0.05, 0.1) is 22.8 Å². The van der Waals surface area contributed by atoms with Crippen LogP contribution < -0.4 is 10.2 Å². The van der Waals surface area contributed by atoms with E-state index in [4.69, 9.17) is 9.97 Å². The van der Waals surface area contributed by atoms with Gasteiger partial charge in [0.2, 0.25) is 0 Å². The van der Waals surface area contributed by atoms with Gasteiger partial charge < -0.3 is 10.2 Å². The minimum Gasteiger partial charge on any atom is -0.359 e. The Hall–Kier alpha value is -4.96. The molecule has 49 heavy (non-hydrogen) atoms. The number of allylic oxidation sites excluding steroid dienone is 13. The minimum atomic E-state index is 0.0446. The molecular formula is C45H42N4. The standard InChI is InChI=1S/C45H42N4/c1-2-13-30(14-3-1)40-28-41(32-25-24-29-12-4-5-15-31(29)26-32)47-44(46-40)33-16-10-17-34(27-33)45-48-39-22-11-21-38-36-19-7-6-18-35(36)37-20-8-9-23-42(37)49(45)43(38)39/h1-5,11-15,17,20-29,31,35-36,45,48H,6-10,16,18-19H2. The Labute approximate surface area is 289 Å². The molecule has 0 radical (unpaired) electrons. The van der Waals surface area contributed by atoms with E-state index in [0.717, 1.165) is 48.5 Å². The smallest absolute Gasteiger partial charge is 0.156 e. The number of benzene rings is 2. The van der Waals surface area contributed by atoms with Crippen LogP contribution in [0.5, 0.6) is 0 Å². The molecule has 4 nitrogen and oxygen atoms in total. The lowest BCUT2D eigenvalue weighted by Crippen LogP contribution is -2.38. The van der Waals surface area contributed by atoms with Gasteiger partial charge in [-0.1, -0.05) is 116 Å². The van der Waals surface area contributed by atoms with Gasteiger partial charge in [-0.15, -0.1) is 0 Å². The van der Waals surface area contributed by atoms with Crippen LogP contribution in [0.3, 0.4) is 0 Å². The van der Waals surface area contributed by atoms with Crippen LogP contribution in [-0.4, -0.2) is 16.1 Å². The molecule has 2 aliphatic heterocycles. The van der Waals surface area contributed by atoms with Crippen molar-refractivity contribution in [3.63, 3.8) is 0 Å². The lowest BCUT2D eigenvalue weighted by Gasteiger charge is -2.36. The summed E-state index contributed by atoms with van der Waals surface area (Å²) in [6.45, 7) is 0. The lowest BCUT2D eigenvalue weighted by atomic mass is 9.71. The molecule has 0 saturated heterocycles. The number of rotatable bonds is 4. The summed E-state index contributed by atoms with van der Waals surface area (Å²) >= 11 is 0. The van der Waals surface area contributed by atoms with Gasteiger partial charge in [-0.2, -0.15) is 0 Å². The Kier molecular flexibility index (Phi) is 7.03. The summed E-state index contributed by atoms with van der Waals surface area (Å²) in [5.41, 5.74) is 14.0. The average Bonchev–Trinajstić information content (AvgIpc) is 3.52. The van der Waals surface area contributed by atoms with Crippen molar-refractivity contribution in [1.82, 2.24) is 9.97 Å². The summed E-state index contributed by atoms with van der Waals surface area (Å²) in [5.74, 6) is 2.83. The molecule has 1 saturated carbocycles. The highest BCUT2D eigenvalue weighted by Crippen LogP contribution is 2.56. The summed E-state index contributed by atoms with van der Waals surface area (Å²) in [7, 11) is 0. The van der Waals surface area contributed by atoms with Crippen molar-refractivity contribution >= 4 is 22.5 Å². The Bertz CT molecular complexity index is 2090. The predicted molar refractivity (Wildman–Crippen MR) is 202 cm³/mol. The lowest BCUT2D eigenvalue weighted by molar-refractivity contribution is 0.351. The number of para-hydroxylation sites is 1. The molecule has 242 valence electrons. The molecule has 10 rings (SSSR count). The molecule has 5 atom stereocenters. The fraction of sp³-hybridized carbons (Fsp3) is 0.289. The molecule has 7 aliphatic rings. The topological polar surface area (TPSA) is 41.1 Å². The molecule has 3 heterocycles. The summed E-state index contributed by atoms with van der Waals surface area (Å²) in [5, 5.41) is 4.02. The molecule has 5 aliphatic carbocycles. The van der Waals surface area contributed by atoms with E-state index in [1.54, 1.807) is 5.57 Å². The molecule has 0 bridgehead atoms. The molecule has 0 spiro atoms. The van der Waals surface area contributed by atoms with Gasteiger partial charge in [0.1, 0.15) is 6.17 Å². The van der Waals surface area contributed by atoms with Crippen molar-refractivity contribution in [3.8, 4) is 11.3 Å². The quantitative estimate of drug-likeness (QED) is 0.309. The van der Waals surface area contributed by atoms with E-state index in [0.29, 0.717) is 23.7 Å². The summed E-state index contributed by atoms with van der Waals surface area (Å²) in [6, 6.07) is 19.7. The Morgan fingerprint density at radius 2 is 1.59 bits per heavy atom. The maximum absolute atomic E-state index is 5.32. The number of hydrogen-bond acceptors (Lipinski definition) is 4. The molecule has 1 N–H and O–H groups in total. The van der Waals surface area contributed by atoms with Crippen LogP contribution in [0.2, 0.25) is 0 Å². The third-order valence-electron chi connectivity index (χ3n) is 11.8. The first-order valence-electron chi connectivity index (χ1n) is 18.5. The highest BCUT2D eigenvalue weighted by Gasteiger charge is 2.44. The van der Waals surface area contributed by atoms with E-state index in [1.807, 2.05) is 0 Å². The number of fused-ring (bicyclic) bond motifs is 6. The van der Waals surface area contributed by atoms with Gasteiger partial charge in [-0.3, -0.25) is 0 Å². The fourth-order valence-electron chi connectivity index (χ4n) is 9.45. The van der Waals surface area contributed by atoms with Crippen LogP contribution in [0.1, 0.15) is 74.4 Å². The number of nitrogens with one attached hydrogen (secondary N) is 1. The Morgan fingerprint density at radius 3 is 2.51 bits per heavy atom. The zero-order valence-corrected chi connectivity index (χ0v) is 27.9. The minimum absolute atomic E-state index is 0.0446. The highest BCUT2D eigenvalue weighted by atomic mass is 15.3. The fourth-order valence-corrected chi connectivity index (χ4v) is 9.45. The third-order valence-corrected chi connectivity index (χ3v) is 11.8. The van der Waals surface area contributed by atoms with Crippen LogP contribution in [0.15, 0.2) is 138 Å². The molecule has 5 unspecified atom stereocenters. The Balaban J connectivity index is 1.06.